The molecule has 8 rings (SSSR count). The number of nitrogens with zero attached hydrogens (tertiary/aromatic N) is 5. The van der Waals surface area contributed by atoms with Crippen molar-refractivity contribution in [3.05, 3.63) is 70.4 Å². The number of carbonyl (C=O) groups is 2. The molecule has 2 aliphatic heterocycles. The molecule has 1 atom stereocenters. The highest BCUT2D eigenvalue weighted by atomic mass is 35.5. The Bertz CT molecular complexity index is 2170. The summed E-state index contributed by atoms with van der Waals surface area (Å²) in [5.41, 5.74) is 6.12. The van der Waals surface area contributed by atoms with Gasteiger partial charge in [0.1, 0.15) is 5.52 Å². The molecule has 0 bridgehead atoms. The number of rotatable bonds is 8. The number of halogens is 1. The van der Waals surface area contributed by atoms with E-state index in [1.54, 1.807) is 17.0 Å². The van der Waals surface area contributed by atoms with E-state index in [1.165, 1.54) is 7.11 Å². The van der Waals surface area contributed by atoms with Crippen molar-refractivity contribution in [1.82, 2.24) is 24.6 Å². The minimum absolute atomic E-state index is 0.256. The summed E-state index contributed by atoms with van der Waals surface area (Å²) < 4.78 is 19.9. The number of hydrogen-bond acceptors (Lipinski definition) is 8. The van der Waals surface area contributed by atoms with Crippen LogP contribution in [0.25, 0.3) is 44.6 Å². The molecular formula is C40H44ClN5O6. The van der Waals surface area contributed by atoms with Crippen LogP contribution in [0.1, 0.15) is 81.3 Å². The third-order valence-electron chi connectivity index (χ3n) is 10.6. The number of ether oxygens (including phenoxy) is 2. The molecule has 2 saturated heterocycles. The quantitative estimate of drug-likeness (QED) is 0.168. The zero-order valence-corrected chi connectivity index (χ0v) is 30.9. The monoisotopic (exact) mass is 725 g/mol. The summed E-state index contributed by atoms with van der Waals surface area (Å²) in [5.74, 6) is -0.320. The Balaban J connectivity index is 1.17. The summed E-state index contributed by atoms with van der Waals surface area (Å²) in [5, 5.41) is 17.4. The zero-order chi connectivity index (χ0) is 36.5. The van der Waals surface area contributed by atoms with Gasteiger partial charge in [0.2, 0.25) is 5.89 Å². The Labute approximate surface area is 307 Å². The van der Waals surface area contributed by atoms with Crippen LogP contribution in [-0.4, -0.2) is 86.7 Å². The fourth-order valence-electron chi connectivity index (χ4n) is 7.86. The number of aryl methyl sites for hydroxylation is 1. The number of hydrogen-bond donors (Lipinski definition) is 1. The third kappa shape index (κ3) is 6.43. The highest BCUT2D eigenvalue weighted by Crippen LogP contribution is 2.44. The van der Waals surface area contributed by atoms with Crippen LogP contribution in [0.3, 0.4) is 0 Å². The number of methoxy groups -OCH3 is 1. The van der Waals surface area contributed by atoms with Gasteiger partial charge in [-0.05, 0) is 114 Å². The van der Waals surface area contributed by atoms with Gasteiger partial charge in [0, 0.05) is 52.1 Å². The predicted octanol–water partition coefficient (Wildman–Crippen LogP) is 8.38. The van der Waals surface area contributed by atoms with Gasteiger partial charge >= 0.3 is 12.1 Å². The molecule has 52 heavy (non-hydrogen) atoms. The van der Waals surface area contributed by atoms with E-state index >= 15 is 0 Å². The molecule has 1 unspecified atom stereocenters. The zero-order valence-electron chi connectivity index (χ0n) is 30.2. The molecule has 3 aromatic carbocycles. The van der Waals surface area contributed by atoms with Crippen LogP contribution >= 0.6 is 11.6 Å². The van der Waals surface area contributed by atoms with Crippen molar-refractivity contribution in [2.75, 3.05) is 33.3 Å². The Morgan fingerprint density at radius 2 is 1.67 bits per heavy atom. The number of likely N-dealkylation sites (tertiary alicyclic amines) is 2. The van der Waals surface area contributed by atoms with E-state index in [2.05, 4.69) is 21.7 Å². The molecule has 4 heterocycles. The van der Waals surface area contributed by atoms with E-state index in [0.29, 0.717) is 64.2 Å². The average Bonchev–Trinajstić information content (AvgIpc) is 3.74. The van der Waals surface area contributed by atoms with Gasteiger partial charge in [-0.3, -0.25) is 9.58 Å². The molecular weight excluding hydrogens is 682 g/mol. The lowest BCUT2D eigenvalue weighted by Gasteiger charge is -2.46. The number of piperidine rings is 1. The predicted molar refractivity (Wildman–Crippen MR) is 199 cm³/mol. The number of carboxylic acid groups (broad SMARTS) is 1. The highest BCUT2D eigenvalue weighted by Gasteiger charge is 2.38. The van der Waals surface area contributed by atoms with Gasteiger partial charge in [-0.2, -0.15) is 5.10 Å². The summed E-state index contributed by atoms with van der Waals surface area (Å²) in [6, 6.07) is 16.3. The molecule has 1 amide bonds. The lowest BCUT2D eigenvalue weighted by atomic mass is 9.90. The van der Waals surface area contributed by atoms with Crippen molar-refractivity contribution >= 4 is 45.7 Å². The molecule has 11 nitrogen and oxygen atoms in total. The van der Waals surface area contributed by atoms with Gasteiger partial charge in [0.15, 0.2) is 11.7 Å². The molecule has 1 aliphatic carbocycles. The van der Waals surface area contributed by atoms with Gasteiger partial charge in [-0.15, -0.1) is 0 Å². The Morgan fingerprint density at radius 3 is 2.31 bits per heavy atom. The Morgan fingerprint density at radius 1 is 0.981 bits per heavy atom. The van der Waals surface area contributed by atoms with Crippen molar-refractivity contribution in [2.45, 2.75) is 83.1 Å². The number of fused-ring (bicyclic) bond motifs is 2. The van der Waals surface area contributed by atoms with E-state index in [0.717, 1.165) is 72.1 Å². The number of aliphatic carboxylic acids is 1. The Kier molecular flexibility index (Phi) is 8.79. The first-order chi connectivity index (χ1) is 24.9. The van der Waals surface area contributed by atoms with Crippen LogP contribution in [0.15, 0.2) is 52.9 Å². The minimum atomic E-state index is -1.24. The molecule has 5 aromatic rings. The lowest BCUT2D eigenvalue weighted by Crippen LogP contribution is -2.62. The largest absolute Gasteiger partial charge is 0.479 e. The van der Waals surface area contributed by atoms with E-state index in [1.807, 2.05) is 52.0 Å². The first-order valence-corrected chi connectivity index (χ1v) is 18.5. The number of oxazole rings is 1. The smallest absolute Gasteiger partial charge is 0.409 e. The number of carboxylic acids is 1. The number of amides is 1. The van der Waals surface area contributed by atoms with Gasteiger partial charge in [-0.25, -0.2) is 14.6 Å². The molecule has 272 valence electrons. The number of benzene rings is 3. The summed E-state index contributed by atoms with van der Waals surface area (Å²) in [6.07, 6.45) is 2.75. The van der Waals surface area contributed by atoms with Crippen molar-refractivity contribution in [3.8, 4) is 22.6 Å². The number of carbonyl (C=O) groups excluding carboxylic acids is 1. The van der Waals surface area contributed by atoms with Crippen LogP contribution in [0, 0.1) is 6.92 Å². The van der Waals surface area contributed by atoms with Crippen LogP contribution < -0.4 is 0 Å². The van der Waals surface area contributed by atoms with E-state index in [-0.39, 0.29) is 6.09 Å². The second kappa shape index (κ2) is 13.2. The molecule has 2 aromatic heterocycles. The maximum absolute atomic E-state index is 12.8. The van der Waals surface area contributed by atoms with Crippen LogP contribution in [0.4, 0.5) is 4.79 Å². The van der Waals surface area contributed by atoms with E-state index < -0.39 is 17.7 Å². The van der Waals surface area contributed by atoms with Gasteiger partial charge in [0.25, 0.3) is 0 Å². The summed E-state index contributed by atoms with van der Waals surface area (Å²) in [4.78, 5) is 33.9. The normalized spacial score (nSPS) is 18.2. The molecule has 0 spiro atoms. The molecule has 1 saturated carbocycles. The topological polar surface area (TPSA) is 123 Å². The SMILES string of the molecule is COC(=O)N1CC(N2CCC(c3nn(C4CC4)c4ccc(-c5nc6cc(C)c(C(OC(C)(C)C)C(=O)O)c(-c7ccc(Cl)cc7)c6o5)cc34)CC2)C1. The van der Waals surface area contributed by atoms with Crippen LogP contribution in [0.5, 0.6) is 0 Å². The standard InChI is InChI=1S/C40H44ClN5O6/c1-22-18-30-35(33(23-6-9-26(41)10-7-23)32(22)36(38(47)48)52-40(2,3)4)51-37(42-30)25-8-13-31-29(19-25)34(43-46(31)27-11-12-27)24-14-16-44(17-15-24)28-20-45(21-28)39(49)50-5/h6-10,13,18-19,24,27-28,36H,11-12,14-17,20-21H2,1-5H3,(H,47,48). The molecule has 3 aliphatic rings. The van der Waals surface area contributed by atoms with Crippen molar-refractivity contribution in [1.29, 1.82) is 0 Å². The van der Waals surface area contributed by atoms with Gasteiger partial charge in [-0.1, -0.05) is 23.7 Å². The number of aromatic nitrogens is 3. The van der Waals surface area contributed by atoms with E-state index in [9.17, 15) is 14.7 Å². The fraction of sp³-hybridized carbons (Fsp3) is 0.450. The van der Waals surface area contributed by atoms with Crippen molar-refractivity contribution < 1.29 is 28.6 Å². The average molecular weight is 726 g/mol. The summed E-state index contributed by atoms with van der Waals surface area (Å²) >= 11 is 6.28. The molecule has 1 N–H and O–H groups in total. The summed E-state index contributed by atoms with van der Waals surface area (Å²) in [6.45, 7) is 10.8. The molecule has 12 heteroatoms. The van der Waals surface area contributed by atoms with Crippen molar-refractivity contribution in [3.63, 3.8) is 0 Å². The van der Waals surface area contributed by atoms with Gasteiger partial charge < -0.3 is 23.9 Å². The van der Waals surface area contributed by atoms with Crippen LogP contribution in [-0.2, 0) is 14.3 Å². The second-order valence-corrected chi connectivity index (χ2v) is 15.9. The third-order valence-corrected chi connectivity index (χ3v) is 10.9. The first kappa shape index (κ1) is 34.6. The molecule has 3 fully saturated rings. The van der Waals surface area contributed by atoms with E-state index in [4.69, 9.17) is 35.6 Å². The maximum atomic E-state index is 12.8. The second-order valence-electron chi connectivity index (χ2n) is 15.4. The molecule has 0 radical (unpaired) electrons. The fourth-order valence-corrected chi connectivity index (χ4v) is 7.99. The Hall–Kier alpha value is -4.45. The van der Waals surface area contributed by atoms with Gasteiger partial charge in [0.05, 0.1) is 30.0 Å². The maximum Gasteiger partial charge on any atom is 0.409 e. The first-order valence-electron chi connectivity index (χ1n) is 18.1. The lowest BCUT2D eigenvalue weighted by molar-refractivity contribution is -0.160. The summed E-state index contributed by atoms with van der Waals surface area (Å²) in [7, 11) is 1.43. The minimum Gasteiger partial charge on any atom is -0.479 e. The van der Waals surface area contributed by atoms with Crippen molar-refractivity contribution in [2.24, 2.45) is 0 Å². The van der Waals surface area contributed by atoms with Crippen LogP contribution in [0.2, 0.25) is 5.02 Å². The highest BCUT2D eigenvalue weighted by molar-refractivity contribution is 6.30.